The summed E-state index contributed by atoms with van der Waals surface area (Å²) in [5.41, 5.74) is 3.28. The van der Waals surface area contributed by atoms with Crippen LogP contribution in [0.3, 0.4) is 0 Å². The third kappa shape index (κ3) is 2.90. The van der Waals surface area contributed by atoms with Crippen LogP contribution in [0.25, 0.3) is 0 Å². The Labute approximate surface area is 119 Å². The minimum absolute atomic E-state index is 0.591. The fourth-order valence-corrected chi connectivity index (χ4v) is 3.48. The minimum atomic E-state index is -3.86. The van der Waals surface area contributed by atoms with Crippen LogP contribution in [0.1, 0.15) is 27.5 Å². The van der Waals surface area contributed by atoms with Gasteiger partial charge >= 0.3 is 0 Å². The van der Waals surface area contributed by atoms with E-state index in [0.717, 1.165) is 11.1 Å². The van der Waals surface area contributed by atoms with E-state index in [4.69, 9.17) is 0 Å². The second-order valence-corrected chi connectivity index (χ2v) is 6.92. The van der Waals surface area contributed by atoms with Crippen LogP contribution in [-0.4, -0.2) is 14.4 Å². The van der Waals surface area contributed by atoms with Crippen LogP contribution in [0.5, 0.6) is 0 Å². The Bertz CT molecular complexity index is 694. The molecule has 0 N–H and O–H groups in total. The van der Waals surface area contributed by atoms with Gasteiger partial charge in [0.15, 0.2) is 15.8 Å². The number of halogens is 1. The van der Waals surface area contributed by atoms with Gasteiger partial charge in [0.1, 0.15) is 5.25 Å². The molecule has 0 fully saturated rings. The summed E-state index contributed by atoms with van der Waals surface area (Å²) in [5, 5.41) is -0.951. The SMILES string of the molecule is Cc1ccc(C(c2ccccc2)S(=O)(=O)CF)cc1C. The maximum Gasteiger partial charge on any atom is 0.191 e. The van der Waals surface area contributed by atoms with Crippen molar-refractivity contribution in [1.82, 2.24) is 0 Å². The van der Waals surface area contributed by atoms with E-state index >= 15 is 0 Å². The fourth-order valence-electron chi connectivity index (χ4n) is 2.23. The molecule has 2 aromatic carbocycles. The van der Waals surface area contributed by atoms with E-state index < -0.39 is 21.1 Å². The topological polar surface area (TPSA) is 34.1 Å². The molecule has 2 rings (SSSR count). The Morgan fingerprint density at radius 3 is 2.15 bits per heavy atom. The van der Waals surface area contributed by atoms with E-state index in [1.165, 1.54) is 0 Å². The van der Waals surface area contributed by atoms with E-state index in [-0.39, 0.29) is 0 Å². The molecule has 0 saturated carbocycles. The van der Waals surface area contributed by atoms with Crippen LogP contribution in [-0.2, 0) is 9.84 Å². The van der Waals surface area contributed by atoms with Crippen LogP contribution in [0, 0.1) is 13.8 Å². The van der Waals surface area contributed by atoms with Crippen molar-refractivity contribution in [2.45, 2.75) is 19.1 Å². The van der Waals surface area contributed by atoms with Crippen molar-refractivity contribution < 1.29 is 12.8 Å². The zero-order chi connectivity index (χ0) is 14.8. The molecular weight excluding hydrogens is 275 g/mol. The van der Waals surface area contributed by atoms with Crippen molar-refractivity contribution in [2.75, 3.05) is 6.01 Å². The van der Waals surface area contributed by atoms with Gasteiger partial charge in [-0.25, -0.2) is 12.8 Å². The van der Waals surface area contributed by atoms with E-state index in [0.29, 0.717) is 11.1 Å². The highest BCUT2D eigenvalue weighted by Gasteiger charge is 2.29. The van der Waals surface area contributed by atoms with Crippen molar-refractivity contribution in [3.05, 3.63) is 70.8 Å². The predicted octanol–water partition coefficient (Wildman–Crippen LogP) is 3.73. The van der Waals surface area contributed by atoms with Gasteiger partial charge in [0.25, 0.3) is 0 Å². The van der Waals surface area contributed by atoms with E-state index in [1.54, 1.807) is 30.3 Å². The molecule has 2 nitrogen and oxygen atoms in total. The fraction of sp³-hybridized carbons (Fsp3) is 0.250. The van der Waals surface area contributed by atoms with Crippen LogP contribution in [0.4, 0.5) is 4.39 Å². The largest absolute Gasteiger partial charge is 0.234 e. The van der Waals surface area contributed by atoms with Crippen molar-refractivity contribution in [1.29, 1.82) is 0 Å². The average Bonchev–Trinajstić information content (AvgIpc) is 2.44. The van der Waals surface area contributed by atoms with E-state index in [9.17, 15) is 12.8 Å². The molecule has 0 aliphatic heterocycles. The van der Waals surface area contributed by atoms with Gasteiger partial charge in [0.2, 0.25) is 0 Å². The summed E-state index contributed by atoms with van der Waals surface area (Å²) in [7, 11) is -3.86. The normalized spacial score (nSPS) is 13.2. The summed E-state index contributed by atoms with van der Waals surface area (Å²) in [5.74, 6) is 0. The lowest BCUT2D eigenvalue weighted by Crippen LogP contribution is -2.16. The monoisotopic (exact) mass is 292 g/mol. The van der Waals surface area contributed by atoms with Gasteiger partial charge in [-0.3, -0.25) is 0 Å². The highest BCUT2D eigenvalue weighted by Crippen LogP contribution is 2.32. The van der Waals surface area contributed by atoms with Crippen LogP contribution < -0.4 is 0 Å². The Hall–Kier alpha value is -1.68. The average molecular weight is 292 g/mol. The minimum Gasteiger partial charge on any atom is -0.234 e. The van der Waals surface area contributed by atoms with Crippen LogP contribution in [0.15, 0.2) is 48.5 Å². The molecule has 0 aromatic heterocycles. The Kier molecular flexibility index (Phi) is 4.23. The first-order chi connectivity index (χ1) is 9.45. The predicted molar refractivity (Wildman–Crippen MR) is 79.1 cm³/mol. The molecule has 0 heterocycles. The lowest BCUT2D eigenvalue weighted by atomic mass is 10.00. The van der Waals surface area contributed by atoms with Gasteiger partial charge in [-0.15, -0.1) is 0 Å². The lowest BCUT2D eigenvalue weighted by Gasteiger charge is -2.18. The molecule has 0 radical (unpaired) electrons. The van der Waals surface area contributed by atoms with Crippen molar-refractivity contribution in [3.63, 3.8) is 0 Å². The van der Waals surface area contributed by atoms with Gasteiger partial charge in [-0.2, -0.15) is 0 Å². The number of hydrogen-bond donors (Lipinski definition) is 0. The molecule has 0 saturated heterocycles. The van der Waals surface area contributed by atoms with Crippen molar-refractivity contribution >= 4 is 9.84 Å². The lowest BCUT2D eigenvalue weighted by molar-refractivity contribution is 0.529. The number of alkyl halides is 1. The number of hydrogen-bond acceptors (Lipinski definition) is 2. The van der Waals surface area contributed by atoms with Gasteiger partial charge in [-0.05, 0) is 36.1 Å². The summed E-state index contributed by atoms with van der Waals surface area (Å²) in [6, 6.07) is 12.8. The number of aryl methyl sites for hydroxylation is 2. The molecule has 0 aliphatic carbocycles. The highest BCUT2D eigenvalue weighted by atomic mass is 32.2. The Morgan fingerprint density at radius 2 is 1.60 bits per heavy atom. The molecular formula is C16H17FO2S. The van der Waals surface area contributed by atoms with Gasteiger partial charge in [0, 0.05) is 0 Å². The number of benzene rings is 2. The zero-order valence-corrected chi connectivity index (χ0v) is 12.3. The first kappa shape index (κ1) is 14.7. The summed E-state index contributed by atoms with van der Waals surface area (Å²) in [6.45, 7) is 3.88. The number of sulfone groups is 1. The molecule has 0 aliphatic rings. The van der Waals surface area contributed by atoms with Gasteiger partial charge in [0.05, 0.1) is 0 Å². The van der Waals surface area contributed by atoms with Crippen LogP contribution >= 0.6 is 0 Å². The summed E-state index contributed by atoms with van der Waals surface area (Å²) >= 11 is 0. The summed E-state index contributed by atoms with van der Waals surface area (Å²) < 4.78 is 37.2. The first-order valence-electron chi connectivity index (χ1n) is 6.35. The van der Waals surface area contributed by atoms with Gasteiger partial charge in [-0.1, -0.05) is 48.5 Å². The maximum absolute atomic E-state index is 13.0. The van der Waals surface area contributed by atoms with Crippen LogP contribution in [0.2, 0.25) is 0 Å². The molecule has 0 amide bonds. The van der Waals surface area contributed by atoms with Crippen molar-refractivity contribution in [3.8, 4) is 0 Å². The number of rotatable bonds is 4. The molecule has 1 atom stereocenters. The molecule has 0 spiro atoms. The molecule has 20 heavy (non-hydrogen) atoms. The molecule has 2 aromatic rings. The van der Waals surface area contributed by atoms with Gasteiger partial charge < -0.3 is 0 Å². The zero-order valence-electron chi connectivity index (χ0n) is 11.5. The first-order valence-corrected chi connectivity index (χ1v) is 8.07. The van der Waals surface area contributed by atoms with E-state index in [1.807, 2.05) is 32.0 Å². The molecule has 1 unspecified atom stereocenters. The molecule has 106 valence electrons. The molecule has 0 bridgehead atoms. The third-order valence-electron chi connectivity index (χ3n) is 3.45. The quantitative estimate of drug-likeness (QED) is 0.860. The summed E-state index contributed by atoms with van der Waals surface area (Å²) in [6.07, 6.45) is 0. The Morgan fingerprint density at radius 1 is 0.950 bits per heavy atom. The molecule has 4 heteroatoms. The smallest absolute Gasteiger partial charge is 0.191 e. The third-order valence-corrected chi connectivity index (χ3v) is 5.01. The standard InChI is InChI=1S/C16H17FO2S/c1-12-8-9-15(10-13(12)2)16(20(18,19)11-17)14-6-4-3-5-7-14/h3-10,16H,11H2,1-2H3. The second kappa shape index (κ2) is 5.75. The van der Waals surface area contributed by atoms with Crippen molar-refractivity contribution in [2.24, 2.45) is 0 Å². The maximum atomic E-state index is 13.0. The second-order valence-electron chi connectivity index (χ2n) is 4.91. The Balaban J connectivity index is 2.61. The summed E-state index contributed by atoms with van der Waals surface area (Å²) in [4.78, 5) is 0. The highest BCUT2D eigenvalue weighted by molar-refractivity contribution is 7.91. The van der Waals surface area contributed by atoms with E-state index in [2.05, 4.69) is 0 Å².